The molecule has 45 heavy (non-hydrogen) atoms. The fourth-order valence-electron chi connectivity index (χ4n) is 7.14. The summed E-state index contributed by atoms with van der Waals surface area (Å²) in [7, 11) is 0. The van der Waals surface area contributed by atoms with E-state index in [0.717, 1.165) is 73.4 Å². The number of hydrogen-bond donors (Lipinski definition) is 3. The summed E-state index contributed by atoms with van der Waals surface area (Å²) in [6.07, 6.45) is 9.70. The highest BCUT2D eigenvalue weighted by molar-refractivity contribution is 6.47. The average molecular weight is 609 g/mol. The Morgan fingerprint density at radius 1 is 1.09 bits per heavy atom. The largest absolute Gasteiger partial charge is 0.361 e. The van der Waals surface area contributed by atoms with Crippen molar-refractivity contribution in [1.82, 2.24) is 35.8 Å². The number of fused-ring (bicyclic) bond motifs is 1. The van der Waals surface area contributed by atoms with E-state index in [4.69, 9.17) is 4.99 Å². The number of amides is 2. The molecule has 10 nitrogen and oxygen atoms in total. The maximum atomic E-state index is 14.7. The molecule has 3 heterocycles. The second-order valence-corrected chi connectivity index (χ2v) is 13.7. The van der Waals surface area contributed by atoms with Gasteiger partial charge in [-0.05, 0) is 79.3 Å². The molecule has 1 fully saturated rings. The van der Waals surface area contributed by atoms with Gasteiger partial charge in [-0.1, -0.05) is 70.4 Å². The van der Waals surface area contributed by atoms with Crippen molar-refractivity contribution in [3.8, 4) is 0 Å². The molecule has 1 aliphatic carbocycles. The minimum Gasteiger partial charge on any atom is -0.361 e. The Kier molecular flexibility index (Phi) is 8.57. The van der Waals surface area contributed by atoms with E-state index < -0.39 is 5.66 Å². The van der Waals surface area contributed by atoms with Crippen LogP contribution in [-0.4, -0.2) is 53.7 Å². The zero-order chi connectivity index (χ0) is 31.6. The molecule has 0 bridgehead atoms. The summed E-state index contributed by atoms with van der Waals surface area (Å²) < 4.78 is 0. The van der Waals surface area contributed by atoms with Gasteiger partial charge in [0.15, 0.2) is 5.82 Å². The van der Waals surface area contributed by atoms with E-state index in [-0.39, 0.29) is 29.8 Å². The van der Waals surface area contributed by atoms with Gasteiger partial charge in [0.2, 0.25) is 0 Å². The Balaban J connectivity index is 1.33. The van der Waals surface area contributed by atoms with Crippen LogP contribution in [0.15, 0.2) is 59.7 Å². The van der Waals surface area contributed by atoms with Crippen molar-refractivity contribution in [1.29, 1.82) is 0 Å². The molecule has 2 aromatic heterocycles. The summed E-state index contributed by atoms with van der Waals surface area (Å²) >= 11 is 0. The van der Waals surface area contributed by atoms with E-state index in [0.29, 0.717) is 23.0 Å². The molecule has 236 valence electrons. The van der Waals surface area contributed by atoms with Crippen molar-refractivity contribution in [3.63, 3.8) is 0 Å². The van der Waals surface area contributed by atoms with Crippen LogP contribution >= 0.6 is 0 Å². The molecule has 1 atom stereocenters. The van der Waals surface area contributed by atoms with E-state index in [9.17, 15) is 9.59 Å². The monoisotopic (exact) mass is 608 g/mol. The van der Waals surface area contributed by atoms with E-state index >= 15 is 0 Å². The lowest BCUT2D eigenvalue weighted by Gasteiger charge is -2.47. The molecular formula is C35H44N8O2. The zero-order valence-electron chi connectivity index (χ0n) is 26.8. The van der Waals surface area contributed by atoms with Crippen LogP contribution in [0.25, 0.3) is 10.9 Å². The predicted molar refractivity (Wildman–Crippen MR) is 174 cm³/mol. The van der Waals surface area contributed by atoms with Crippen LogP contribution < -0.4 is 5.32 Å². The van der Waals surface area contributed by atoms with Crippen molar-refractivity contribution in [2.75, 3.05) is 0 Å². The minimum absolute atomic E-state index is 0.00234. The highest BCUT2D eigenvalue weighted by Crippen LogP contribution is 2.50. The van der Waals surface area contributed by atoms with Gasteiger partial charge in [0, 0.05) is 28.2 Å². The van der Waals surface area contributed by atoms with Crippen LogP contribution in [0.5, 0.6) is 0 Å². The number of aromatic nitrogens is 5. The fourth-order valence-corrected chi connectivity index (χ4v) is 7.14. The van der Waals surface area contributed by atoms with Gasteiger partial charge in [0.25, 0.3) is 11.8 Å². The standard InChI is InChI=1S/C35H44N8O2/c1-5-6-7-8-29(23-9-11-24(12-10-23)32(44)37-22-30-39-41-42-40-30)43-33(45)31(26-13-14-28-25(21-26)17-20-36-28)38-35(43)18-15-27(16-19-35)34(2,3)4/h9-14,17,20-21,27,29,36H,5-8,15-16,18-19,22H2,1-4H3,(H,37,44)(H,39,40,41,42)/t27?,29-,35?/m1/s1. The molecule has 0 radical (unpaired) electrons. The first-order chi connectivity index (χ1) is 21.7. The van der Waals surface area contributed by atoms with Gasteiger partial charge in [0.1, 0.15) is 11.4 Å². The molecule has 3 N–H and O–H groups in total. The quantitative estimate of drug-likeness (QED) is 0.177. The molecule has 2 aromatic carbocycles. The molecule has 2 amide bonds. The second kappa shape index (κ2) is 12.6. The Labute approximate surface area is 264 Å². The van der Waals surface area contributed by atoms with Crippen LogP contribution in [0.1, 0.15) is 112 Å². The lowest BCUT2D eigenvalue weighted by molar-refractivity contribution is -0.133. The number of tetrazole rings is 1. The number of nitrogens with one attached hydrogen (secondary N) is 3. The van der Waals surface area contributed by atoms with Gasteiger partial charge in [-0.3, -0.25) is 14.6 Å². The summed E-state index contributed by atoms with van der Waals surface area (Å²) in [4.78, 5) is 38.3. The Morgan fingerprint density at radius 2 is 1.87 bits per heavy atom. The Morgan fingerprint density at radius 3 is 2.56 bits per heavy atom. The summed E-state index contributed by atoms with van der Waals surface area (Å²) in [6.45, 7) is 9.35. The van der Waals surface area contributed by atoms with Crippen LogP contribution in [0, 0.1) is 11.3 Å². The van der Waals surface area contributed by atoms with Crippen LogP contribution in [0.3, 0.4) is 0 Å². The van der Waals surface area contributed by atoms with Crippen molar-refractivity contribution < 1.29 is 9.59 Å². The first-order valence-corrected chi connectivity index (χ1v) is 16.3. The lowest BCUT2D eigenvalue weighted by Crippen LogP contribution is -2.51. The number of carbonyl (C=O) groups excluding carboxylic acids is 2. The molecule has 1 spiro atoms. The van der Waals surface area contributed by atoms with Crippen LogP contribution in [0.4, 0.5) is 0 Å². The fraction of sp³-hybridized carbons (Fsp3) is 0.486. The summed E-state index contributed by atoms with van der Waals surface area (Å²) in [5.41, 5.74) is 3.67. The maximum absolute atomic E-state index is 14.7. The van der Waals surface area contributed by atoms with Gasteiger partial charge in [-0.2, -0.15) is 5.21 Å². The number of nitrogens with zero attached hydrogens (tertiary/aromatic N) is 5. The van der Waals surface area contributed by atoms with E-state index in [1.807, 2.05) is 48.7 Å². The zero-order valence-corrected chi connectivity index (χ0v) is 26.8. The number of unbranched alkanes of at least 4 members (excludes halogenated alkanes) is 2. The molecule has 1 saturated carbocycles. The summed E-state index contributed by atoms with van der Waals surface area (Å²) in [6, 6.07) is 15.7. The highest BCUT2D eigenvalue weighted by Gasteiger charge is 2.52. The second-order valence-electron chi connectivity index (χ2n) is 13.7. The smallest absolute Gasteiger partial charge is 0.275 e. The molecule has 4 aromatic rings. The van der Waals surface area contributed by atoms with E-state index in [1.165, 1.54) is 0 Å². The Bertz CT molecular complexity index is 1660. The Hall–Kier alpha value is -4.34. The first-order valence-electron chi connectivity index (χ1n) is 16.3. The number of aliphatic imine (C=N–C) groups is 1. The third-order valence-corrected chi connectivity index (χ3v) is 9.77. The number of aromatic amines is 2. The molecule has 1 aliphatic heterocycles. The van der Waals surface area contributed by atoms with Crippen molar-refractivity contribution in [2.45, 2.75) is 97.3 Å². The summed E-state index contributed by atoms with van der Waals surface area (Å²) in [5.74, 6) is 0.789. The topological polar surface area (TPSA) is 132 Å². The van der Waals surface area contributed by atoms with Crippen LogP contribution in [-0.2, 0) is 11.3 Å². The number of benzene rings is 2. The first kappa shape index (κ1) is 30.7. The predicted octanol–water partition coefficient (Wildman–Crippen LogP) is 6.50. The van der Waals surface area contributed by atoms with Crippen molar-refractivity contribution >= 4 is 28.4 Å². The molecular weight excluding hydrogens is 564 g/mol. The van der Waals surface area contributed by atoms with Gasteiger partial charge >= 0.3 is 0 Å². The van der Waals surface area contributed by atoms with Crippen LogP contribution in [0.2, 0.25) is 0 Å². The third kappa shape index (κ3) is 6.28. The number of rotatable bonds is 10. The SMILES string of the molecule is CCCCC[C@H](c1ccc(C(=O)NCc2nn[nH]n2)cc1)N1C(=O)C(c2ccc3[nH]ccc3c2)=NC12CCC(C(C)(C)C)CC2. The molecule has 6 rings (SSSR count). The van der Waals surface area contributed by atoms with Gasteiger partial charge in [-0.25, -0.2) is 0 Å². The molecule has 2 aliphatic rings. The van der Waals surface area contributed by atoms with Gasteiger partial charge < -0.3 is 15.2 Å². The van der Waals surface area contributed by atoms with Gasteiger partial charge in [-0.15, -0.1) is 10.2 Å². The highest BCUT2D eigenvalue weighted by atomic mass is 16.2. The molecule has 10 heteroatoms. The normalized spacial score (nSPS) is 21.0. The van der Waals surface area contributed by atoms with Crippen molar-refractivity contribution in [3.05, 3.63) is 77.2 Å². The van der Waals surface area contributed by atoms with E-state index in [1.54, 1.807) is 0 Å². The number of carbonyl (C=O) groups is 2. The van der Waals surface area contributed by atoms with Crippen molar-refractivity contribution in [2.24, 2.45) is 16.3 Å². The van der Waals surface area contributed by atoms with Gasteiger partial charge in [0.05, 0.1) is 12.6 Å². The third-order valence-electron chi connectivity index (χ3n) is 9.77. The average Bonchev–Trinajstić information content (AvgIpc) is 3.79. The minimum atomic E-state index is -0.585. The number of hydrogen-bond acceptors (Lipinski definition) is 6. The number of H-pyrrole nitrogens is 2. The maximum Gasteiger partial charge on any atom is 0.275 e. The van der Waals surface area contributed by atoms with E-state index in [2.05, 4.69) is 69.6 Å². The summed E-state index contributed by atoms with van der Waals surface area (Å²) in [5, 5.41) is 17.6. The molecule has 0 saturated heterocycles. The lowest BCUT2D eigenvalue weighted by atomic mass is 9.69. The molecule has 0 unspecified atom stereocenters.